The summed E-state index contributed by atoms with van der Waals surface area (Å²) in [5, 5.41) is 0. The molecular weight excluding hydrogens is 310 g/mol. The van der Waals surface area contributed by atoms with Crippen molar-refractivity contribution in [2.45, 2.75) is 19.9 Å². The Bertz CT molecular complexity index is 565. The molecule has 1 heterocycles. The highest BCUT2D eigenvalue weighted by Crippen LogP contribution is 2.35. The van der Waals surface area contributed by atoms with Gasteiger partial charge in [0, 0.05) is 19.8 Å². The number of thiophene rings is 1. The molecule has 0 amide bonds. The third-order valence-corrected chi connectivity index (χ3v) is 4.85. The normalized spacial score (nSPS) is 12.5. The highest BCUT2D eigenvalue weighted by molar-refractivity contribution is 9.10. The first-order chi connectivity index (χ1) is 8.52. The number of rotatable bonds is 3. The molecule has 1 unspecified atom stereocenters. The Morgan fingerprint density at radius 1 is 1.28 bits per heavy atom. The van der Waals surface area contributed by atoms with E-state index >= 15 is 0 Å². The molecule has 18 heavy (non-hydrogen) atoms. The molecule has 1 aromatic heterocycles. The van der Waals surface area contributed by atoms with Gasteiger partial charge in [-0.15, -0.1) is 11.3 Å². The summed E-state index contributed by atoms with van der Waals surface area (Å²) in [6.45, 7) is 4.13. The fraction of sp³-hybridized carbons (Fsp3) is 0.286. The summed E-state index contributed by atoms with van der Waals surface area (Å²) in [6, 6.07) is 8.09. The topological polar surface area (TPSA) is 35.2 Å². The smallest absolute Gasteiger partial charge is 0.124 e. The van der Waals surface area contributed by atoms with Crippen LogP contribution in [0.15, 0.2) is 28.7 Å². The lowest BCUT2D eigenvalue weighted by Gasteiger charge is -2.16. The molecule has 1 aromatic carbocycles. The first kappa shape index (κ1) is 13.6. The van der Waals surface area contributed by atoms with E-state index in [4.69, 9.17) is 10.5 Å². The van der Waals surface area contributed by atoms with Crippen LogP contribution >= 0.6 is 27.3 Å². The Labute approximate surface area is 120 Å². The average molecular weight is 326 g/mol. The van der Waals surface area contributed by atoms with Crippen LogP contribution in [0.25, 0.3) is 0 Å². The largest absolute Gasteiger partial charge is 0.496 e. The second-order valence-electron chi connectivity index (χ2n) is 4.27. The average Bonchev–Trinajstić information content (AvgIpc) is 2.78. The molecule has 2 aromatic rings. The van der Waals surface area contributed by atoms with Crippen LogP contribution in [0.2, 0.25) is 0 Å². The number of benzene rings is 1. The summed E-state index contributed by atoms with van der Waals surface area (Å²) >= 11 is 5.27. The van der Waals surface area contributed by atoms with Crippen LogP contribution in [-0.4, -0.2) is 7.11 Å². The summed E-state index contributed by atoms with van der Waals surface area (Å²) in [6.07, 6.45) is 0. The number of aryl methyl sites for hydroxylation is 2. The second kappa shape index (κ2) is 5.43. The lowest BCUT2D eigenvalue weighted by atomic mass is 10.0. The lowest BCUT2D eigenvalue weighted by molar-refractivity contribution is 0.407. The Kier molecular flexibility index (Phi) is 4.10. The summed E-state index contributed by atoms with van der Waals surface area (Å²) < 4.78 is 6.49. The van der Waals surface area contributed by atoms with Gasteiger partial charge in [0.2, 0.25) is 0 Å². The molecule has 0 saturated carbocycles. The zero-order valence-electron chi connectivity index (χ0n) is 10.7. The Morgan fingerprint density at radius 2 is 2.00 bits per heavy atom. The molecule has 4 heteroatoms. The van der Waals surface area contributed by atoms with E-state index in [2.05, 4.69) is 35.0 Å². The molecule has 0 radical (unpaired) electrons. The molecule has 2 nitrogen and oxygen atoms in total. The molecule has 0 aliphatic heterocycles. The standard InChI is InChI=1S/C14H16BrNOS/c1-8-6-12(17-3)10(7-11(8)15)14(16)13-5-4-9(2)18-13/h4-7,14H,16H2,1-3H3. The number of halogens is 1. The van der Waals surface area contributed by atoms with Crippen LogP contribution in [0.4, 0.5) is 0 Å². The molecule has 0 saturated heterocycles. The van der Waals surface area contributed by atoms with Gasteiger partial charge in [-0.05, 0) is 43.7 Å². The minimum Gasteiger partial charge on any atom is -0.496 e. The second-order valence-corrected chi connectivity index (χ2v) is 6.44. The van der Waals surface area contributed by atoms with Gasteiger partial charge in [-0.2, -0.15) is 0 Å². The molecule has 0 aliphatic carbocycles. The summed E-state index contributed by atoms with van der Waals surface area (Å²) in [5.41, 5.74) is 8.49. The van der Waals surface area contributed by atoms with Gasteiger partial charge in [0.15, 0.2) is 0 Å². The number of hydrogen-bond donors (Lipinski definition) is 1. The van der Waals surface area contributed by atoms with E-state index in [1.165, 1.54) is 4.88 Å². The fourth-order valence-corrected chi connectivity index (χ4v) is 3.12. The molecular formula is C14H16BrNOS. The first-order valence-electron chi connectivity index (χ1n) is 5.69. The molecule has 0 fully saturated rings. The fourth-order valence-electron chi connectivity index (χ4n) is 1.86. The minimum absolute atomic E-state index is 0.143. The molecule has 96 valence electrons. The van der Waals surface area contributed by atoms with E-state index in [1.54, 1.807) is 18.4 Å². The van der Waals surface area contributed by atoms with Gasteiger partial charge < -0.3 is 10.5 Å². The monoisotopic (exact) mass is 325 g/mol. The molecule has 2 rings (SSSR count). The zero-order valence-corrected chi connectivity index (χ0v) is 13.1. The van der Waals surface area contributed by atoms with Crippen molar-refractivity contribution >= 4 is 27.3 Å². The van der Waals surface area contributed by atoms with Crippen LogP contribution in [0.1, 0.15) is 26.9 Å². The summed E-state index contributed by atoms with van der Waals surface area (Å²) in [7, 11) is 1.68. The third-order valence-electron chi connectivity index (χ3n) is 2.91. The molecule has 0 aliphatic rings. The van der Waals surface area contributed by atoms with Gasteiger partial charge in [0.25, 0.3) is 0 Å². The Balaban J connectivity index is 2.46. The van der Waals surface area contributed by atoms with E-state index < -0.39 is 0 Å². The van der Waals surface area contributed by atoms with Gasteiger partial charge in [-0.25, -0.2) is 0 Å². The van der Waals surface area contributed by atoms with Crippen molar-refractivity contribution in [1.29, 1.82) is 0 Å². The SMILES string of the molecule is COc1cc(C)c(Br)cc1C(N)c1ccc(C)s1. The maximum absolute atomic E-state index is 6.33. The zero-order chi connectivity index (χ0) is 13.3. The number of ether oxygens (including phenoxy) is 1. The van der Waals surface area contributed by atoms with E-state index in [-0.39, 0.29) is 6.04 Å². The quantitative estimate of drug-likeness (QED) is 0.918. The Hall–Kier alpha value is -0.840. The summed E-state index contributed by atoms with van der Waals surface area (Å²) in [4.78, 5) is 2.42. The van der Waals surface area contributed by atoms with Gasteiger partial charge in [-0.1, -0.05) is 15.9 Å². The predicted molar refractivity (Wildman–Crippen MR) is 80.5 cm³/mol. The number of nitrogens with two attached hydrogens (primary N) is 1. The Morgan fingerprint density at radius 3 is 2.56 bits per heavy atom. The molecule has 0 bridgehead atoms. The van der Waals surface area contributed by atoms with Crippen molar-refractivity contribution < 1.29 is 4.74 Å². The molecule has 2 N–H and O–H groups in total. The van der Waals surface area contributed by atoms with Crippen LogP contribution in [0.5, 0.6) is 5.75 Å². The maximum Gasteiger partial charge on any atom is 0.124 e. The van der Waals surface area contributed by atoms with E-state index in [0.29, 0.717) is 0 Å². The van der Waals surface area contributed by atoms with Crippen LogP contribution in [-0.2, 0) is 0 Å². The van der Waals surface area contributed by atoms with Gasteiger partial charge in [0.1, 0.15) is 5.75 Å². The van der Waals surface area contributed by atoms with Crippen molar-refractivity contribution in [2.75, 3.05) is 7.11 Å². The highest BCUT2D eigenvalue weighted by Gasteiger charge is 2.17. The van der Waals surface area contributed by atoms with E-state index in [1.807, 2.05) is 19.1 Å². The van der Waals surface area contributed by atoms with E-state index in [9.17, 15) is 0 Å². The van der Waals surface area contributed by atoms with Crippen molar-refractivity contribution in [3.8, 4) is 5.75 Å². The highest BCUT2D eigenvalue weighted by atomic mass is 79.9. The van der Waals surface area contributed by atoms with Crippen LogP contribution in [0.3, 0.4) is 0 Å². The maximum atomic E-state index is 6.33. The van der Waals surface area contributed by atoms with Gasteiger partial charge in [-0.3, -0.25) is 0 Å². The van der Waals surface area contributed by atoms with Crippen molar-refractivity contribution in [3.05, 3.63) is 49.6 Å². The van der Waals surface area contributed by atoms with Crippen LogP contribution < -0.4 is 10.5 Å². The first-order valence-corrected chi connectivity index (χ1v) is 7.30. The third kappa shape index (κ3) is 2.60. The predicted octanol–water partition coefficient (Wildman–Crippen LogP) is 4.18. The lowest BCUT2D eigenvalue weighted by Crippen LogP contribution is -2.12. The molecule has 0 spiro atoms. The number of hydrogen-bond acceptors (Lipinski definition) is 3. The van der Waals surface area contributed by atoms with Crippen molar-refractivity contribution in [3.63, 3.8) is 0 Å². The van der Waals surface area contributed by atoms with Crippen molar-refractivity contribution in [2.24, 2.45) is 5.73 Å². The molecule has 1 atom stereocenters. The number of methoxy groups -OCH3 is 1. The van der Waals surface area contributed by atoms with Crippen LogP contribution in [0, 0.1) is 13.8 Å². The minimum atomic E-state index is -0.143. The van der Waals surface area contributed by atoms with Crippen molar-refractivity contribution in [1.82, 2.24) is 0 Å². The summed E-state index contributed by atoms with van der Waals surface area (Å²) in [5.74, 6) is 0.842. The van der Waals surface area contributed by atoms with Gasteiger partial charge >= 0.3 is 0 Å². The van der Waals surface area contributed by atoms with E-state index in [0.717, 1.165) is 26.2 Å². The van der Waals surface area contributed by atoms with Gasteiger partial charge in [0.05, 0.1) is 13.2 Å².